The van der Waals surface area contributed by atoms with E-state index < -0.39 is 10.0 Å². The first-order valence-corrected chi connectivity index (χ1v) is 12.0. The second kappa shape index (κ2) is 8.37. The van der Waals surface area contributed by atoms with Gasteiger partial charge in [-0.25, -0.2) is 8.42 Å². The maximum Gasteiger partial charge on any atom is 0.243 e. The number of hydrogen-bond donors (Lipinski definition) is 0. The SMILES string of the molecule is Cc1ccc(C2CCN(S(=O)(=O)c3ccc(C)cc3)C(c3ccc(C)cc3)C2)cc1. The number of nitrogens with zero attached hydrogens (tertiary/aromatic N) is 1. The molecule has 1 fully saturated rings. The summed E-state index contributed by atoms with van der Waals surface area (Å²) < 4.78 is 28.8. The van der Waals surface area contributed by atoms with Gasteiger partial charge in [0, 0.05) is 6.54 Å². The molecule has 4 heteroatoms. The predicted molar refractivity (Wildman–Crippen MR) is 122 cm³/mol. The molecular formula is C26H29NO2S. The molecule has 0 spiro atoms. The number of rotatable bonds is 4. The lowest BCUT2D eigenvalue weighted by Gasteiger charge is -2.39. The quantitative estimate of drug-likeness (QED) is 0.526. The van der Waals surface area contributed by atoms with Crippen LogP contribution in [0.5, 0.6) is 0 Å². The minimum atomic E-state index is -3.57. The number of piperidine rings is 1. The normalized spacial score (nSPS) is 20.2. The van der Waals surface area contributed by atoms with Crippen molar-refractivity contribution >= 4 is 10.0 Å². The summed E-state index contributed by atoms with van der Waals surface area (Å²) in [5.74, 6) is 0.348. The van der Waals surface area contributed by atoms with Crippen molar-refractivity contribution in [2.45, 2.75) is 50.5 Å². The van der Waals surface area contributed by atoms with E-state index in [0.29, 0.717) is 17.4 Å². The molecule has 1 heterocycles. The number of hydrogen-bond acceptors (Lipinski definition) is 2. The number of aryl methyl sites for hydroxylation is 3. The van der Waals surface area contributed by atoms with Crippen LogP contribution in [0.1, 0.15) is 52.6 Å². The van der Waals surface area contributed by atoms with Gasteiger partial charge in [0.15, 0.2) is 0 Å². The van der Waals surface area contributed by atoms with Crippen LogP contribution in [0.4, 0.5) is 0 Å². The molecule has 30 heavy (non-hydrogen) atoms. The summed E-state index contributed by atoms with van der Waals surface area (Å²) in [6.45, 7) is 6.64. The molecule has 0 saturated carbocycles. The Balaban J connectivity index is 1.71. The minimum Gasteiger partial charge on any atom is -0.207 e. The third kappa shape index (κ3) is 4.21. The van der Waals surface area contributed by atoms with Gasteiger partial charge in [0.1, 0.15) is 0 Å². The summed E-state index contributed by atoms with van der Waals surface area (Å²) in [7, 11) is -3.57. The third-order valence-electron chi connectivity index (χ3n) is 6.19. The Bertz CT molecular complexity index is 1100. The molecule has 1 aliphatic rings. The lowest BCUT2D eigenvalue weighted by atomic mass is 9.84. The van der Waals surface area contributed by atoms with E-state index in [1.807, 2.05) is 19.1 Å². The zero-order valence-electron chi connectivity index (χ0n) is 17.9. The van der Waals surface area contributed by atoms with Gasteiger partial charge >= 0.3 is 0 Å². The van der Waals surface area contributed by atoms with Crippen molar-refractivity contribution in [2.24, 2.45) is 0 Å². The largest absolute Gasteiger partial charge is 0.243 e. The van der Waals surface area contributed by atoms with Crippen molar-refractivity contribution in [1.29, 1.82) is 0 Å². The van der Waals surface area contributed by atoms with E-state index in [1.165, 1.54) is 16.7 Å². The lowest BCUT2D eigenvalue weighted by molar-refractivity contribution is 0.234. The van der Waals surface area contributed by atoms with Gasteiger partial charge in [0.05, 0.1) is 10.9 Å². The van der Waals surface area contributed by atoms with Crippen LogP contribution in [0.2, 0.25) is 0 Å². The van der Waals surface area contributed by atoms with E-state index >= 15 is 0 Å². The van der Waals surface area contributed by atoms with Crippen molar-refractivity contribution in [3.05, 3.63) is 101 Å². The van der Waals surface area contributed by atoms with E-state index in [4.69, 9.17) is 0 Å². The maximum absolute atomic E-state index is 13.6. The topological polar surface area (TPSA) is 37.4 Å². The molecule has 1 aliphatic heterocycles. The molecule has 4 rings (SSSR count). The number of benzene rings is 3. The van der Waals surface area contributed by atoms with Crippen LogP contribution in [0.3, 0.4) is 0 Å². The first kappa shape index (κ1) is 20.8. The number of sulfonamides is 1. The summed E-state index contributed by atoms with van der Waals surface area (Å²) in [5.41, 5.74) is 5.84. The molecule has 156 valence electrons. The highest BCUT2D eigenvalue weighted by Crippen LogP contribution is 2.42. The molecule has 0 radical (unpaired) electrons. The van der Waals surface area contributed by atoms with Crippen LogP contribution >= 0.6 is 0 Å². The second-order valence-corrected chi connectivity index (χ2v) is 10.4. The molecule has 0 aromatic heterocycles. The summed E-state index contributed by atoms with van der Waals surface area (Å²) in [5, 5.41) is 0. The Kier molecular flexibility index (Phi) is 5.81. The van der Waals surface area contributed by atoms with Crippen LogP contribution in [0.15, 0.2) is 77.7 Å². The minimum absolute atomic E-state index is 0.169. The zero-order chi connectivity index (χ0) is 21.3. The molecule has 2 atom stereocenters. The fourth-order valence-electron chi connectivity index (χ4n) is 4.31. The molecular weight excluding hydrogens is 390 g/mol. The van der Waals surface area contributed by atoms with Gasteiger partial charge in [0.2, 0.25) is 10.0 Å². The fourth-order valence-corrected chi connectivity index (χ4v) is 5.95. The molecule has 0 amide bonds. The first-order valence-electron chi connectivity index (χ1n) is 10.6. The Morgan fingerprint density at radius 1 is 0.700 bits per heavy atom. The highest BCUT2D eigenvalue weighted by Gasteiger charge is 2.38. The van der Waals surface area contributed by atoms with Gasteiger partial charge < -0.3 is 0 Å². The first-order chi connectivity index (χ1) is 14.3. The van der Waals surface area contributed by atoms with E-state index in [1.54, 1.807) is 16.4 Å². The zero-order valence-corrected chi connectivity index (χ0v) is 18.7. The van der Waals surface area contributed by atoms with Gasteiger partial charge in [-0.1, -0.05) is 77.4 Å². The van der Waals surface area contributed by atoms with Crippen molar-refractivity contribution in [1.82, 2.24) is 4.31 Å². The van der Waals surface area contributed by atoms with Gasteiger partial charge in [-0.15, -0.1) is 0 Å². The van der Waals surface area contributed by atoms with Crippen LogP contribution in [0, 0.1) is 20.8 Å². The molecule has 0 N–H and O–H groups in total. The van der Waals surface area contributed by atoms with Crippen LogP contribution in [-0.2, 0) is 10.0 Å². The predicted octanol–water partition coefficient (Wildman–Crippen LogP) is 5.92. The standard InChI is InChI=1S/C26H29NO2S/c1-19-4-10-22(11-5-19)24-16-17-27(26(18-24)23-12-6-20(2)7-13-23)30(28,29)25-14-8-21(3)9-15-25/h4-15,24,26H,16-18H2,1-3H3. The van der Waals surface area contributed by atoms with Gasteiger partial charge in [-0.2, -0.15) is 4.31 Å². The molecule has 2 unspecified atom stereocenters. The van der Waals surface area contributed by atoms with Crippen molar-refractivity contribution in [3.63, 3.8) is 0 Å². The Labute approximate surface area is 180 Å². The summed E-state index contributed by atoms with van der Waals surface area (Å²) in [6.07, 6.45) is 1.62. The monoisotopic (exact) mass is 419 g/mol. The second-order valence-electron chi connectivity index (χ2n) is 8.49. The average Bonchev–Trinajstić information content (AvgIpc) is 2.75. The van der Waals surface area contributed by atoms with E-state index in [2.05, 4.69) is 62.4 Å². The summed E-state index contributed by atoms with van der Waals surface area (Å²) >= 11 is 0. The summed E-state index contributed by atoms with van der Waals surface area (Å²) in [4.78, 5) is 0.374. The van der Waals surface area contributed by atoms with Crippen LogP contribution in [0.25, 0.3) is 0 Å². The van der Waals surface area contributed by atoms with Crippen molar-refractivity contribution < 1.29 is 8.42 Å². The third-order valence-corrected chi connectivity index (χ3v) is 8.11. The Morgan fingerprint density at radius 2 is 1.17 bits per heavy atom. The van der Waals surface area contributed by atoms with Gasteiger partial charge in [-0.05, 0) is 62.8 Å². The fraction of sp³-hybridized carbons (Fsp3) is 0.308. The molecule has 0 bridgehead atoms. The van der Waals surface area contributed by atoms with Crippen molar-refractivity contribution in [3.8, 4) is 0 Å². The van der Waals surface area contributed by atoms with Crippen LogP contribution in [-0.4, -0.2) is 19.3 Å². The highest BCUT2D eigenvalue weighted by atomic mass is 32.2. The molecule has 3 nitrogen and oxygen atoms in total. The van der Waals surface area contributed by atoms with Crippen molar-refractivity contribution in [2.75, 3.05) is 6.54 Å². The lowest BCUT2D eigenvalue weighted by Crippen LogP contribution is -2.40. The average molecular weight is 420 g/mol. The maximum atomic E-state index is 13.6. The van der Waals surface area contributed by atoms with E-state index in [9.17, 15) is 8.42 Å². The summed E-state index contributed by atoms with van der Waals surface area (Å²) in [6, 6.07) is 24.0. The Hall–Kier alpha value is -2.43. The van der Waals surface area contributed by atoms with E-state index in [0.717, 1.165) is 24.0 Å². The highest BCUT2D eigenvalue weighted by molar-refractivity contribution is 7.89. The smallest absolute Gasteiger partial charge is 0.207 e. The van der Waals surface area contributed by atoms with E-state index in [-0.39, 0.29) is 6.04 Å². The van der Waals surface area contributed by atoms with Gasteiger partial charge in [-0.3, -0.25) is 0 Å². The molecule has 3 aromatic rings. The molecule has 1 saturated heterocycles. The Morgan fingerprint density at radius 3 is 1.70 bits per heavy atom. The molecule has 3 aromatic carbocycles. The van der Waals surface area contributed by atoms with Gasteiger partial charge in [0.25, 0.3) is 0 Å². The van der Waals surface area contributed by atoms with Crippen LogP contribution < -0.4 is 0 Å². The molecule has 0 aliphatic carbocycles.